The molecule has 0 aliphatic carbocycles. The molecule has 1 aromatic rings. The molecule has 0 bridgehead atoms. The maximum atomic E-state index is 13.6. The topological polar surface area (TPSA) is 38.3 Å². The Bertz CT molecular complexity index is 437. The van der Waals surface area contributed by atoms with Crippen LogP contribution in [0.2, 0.25) is 0 Å². The van der Waals surface area contributed by atoms with Crippen LogP contribution in [-0.2, 0) is 9.53 Å². The van der Waals surface area contributed by atoms with Crippen molar-refractivity contribution in [3.63, 3.8) is 0 Å². The van der Waals surface area contributed by atoms with Crippen LogP contribution in [0.5, 0.6) is 0 Å². The molecule has 5 heteroatoms. The summed E-state index contributed by atoms with van der Waals surface area (Å²) in [5.74, 6) is -2.33. The molecule has 1 aromatic carbocycles. The summed E-state index contributed by atoms with van der Waals surface area (Å²) in [6.07, 6.45) is 0. The van der Waals surface area contributed by atoms with Crippen molar-refractivity contribution >= 4 is 5.97 Å². The number of carbonyl (C=O) groups excluding carboxylic acids is 1. The molecule has 0 radical (unpaired) electrons. The van der Waals surface area contributed by atoms with Gasteiger partial charge in [-0.25, -0.2) is 8.78 Å². The van der Waals surface area contributed by atoms with Crippen molar-refractivity contribution in [2.45, 2.75) is 5.92 Å². The molecule has 0 spiro atoms. The molecular weight excluding hydrogens is 228 g/mol. The summed E-state index contributed by atoms with van der Waals surface area (Å²) >= 11 is 0. The quantitative estimate of drug-likeness (QED) is 0.796. The second-order valence-corrected chi connectivity index (χ2v) is 4.06. The first kappa shape index (κ1) is 12.0. The highest BCUT2D eigenvalue weighted by Gasteiger charge is 2.36. The molecule has 1 aliphatic heterocycles. The summed E-state index contributed by atoms with van der Waals surface area (Å²) in [6.45, 7) is 0.941. The maximum absolute atomic E-state index is 13.6. The average molecular weight is 241 g/mol. The van der Waals surface area contributed by atoms with Crippen LogP contribution in [0.3, 0.4) is 0 Å². The van der Waals surface area contributed by atoms with Crippen molar-refractivity contribution < 1.29 is 18.3 Å². The van der Waals surface area contributed by atoms with Crippen LogP contribution in [0.25, 0.3) is 0 Å². The highest BCUT2D eigenvalue weighted by molar-refractivity contribution is 5.74. The summed E-state index contributed by atoms with van der Waals surface area (Å²) in [5.41, 5.74) is 0.354. The number of halogens is 2. The molecule has 3 nitrogen and oxygen atoms in total. The lowest BCUT2D eigenvalue weighted by atomic mass is 9.88. The molecule has 0 amide bonds. The van der Waals surface area contributed by atoms with Crippen LogP contribution in [0.4, 0.5) is 8.78 Å². The van der Waals surface area contributed by atoms with Gasteiger partial charge in [0.15, 0.2) is 0 Å². The van der Waals surface area contributed by atoms with Gasteiger partial charge in [-0.1, -0.05) is 6.07 Å². The van der Waals surface area contributed by atoms with Gasteiger partial charge in [0.2, 0.25) is 0 Å². The van der Waals surface area contributed by atoms with E-state index in [-0.39, 0.29) is 11.9 Å². The van der Waals surface area contributed by atoms with E-state index in [1.165, 1.54) is 19.2 Å². The molecule has 2 rings (SSSR count). The van der Waals surface area contributed by atoms with Gasteiger partial charge in [-0.3, -0.25) is 4.79 Å². The number of rotatable bonds is 2. The molecule has 1 saturated heterocycles. The third-order valence-corrected chi connectivity index (χ3v) is 3.08. The number of hydrogen-bond acceptors (Lipinski definition) is 3. The Balaban J connectivity index is 2.29. The molecule has 92 valence electrons. The van der Waals surface area contributed by atoms with E-state index in [9.17, 15) is 13.6 Å². The summed E-state index contributed by atoms with van der Waals surface area (Å²) in [5, 5.41) is 3.02. The number of benzene rings is 1. The fourth-order valence-electron chi connectivity index (χ4n) is 2.21. The Morgan fingerprint density at radius 1 is 1.41 bits per heavy atom. The molecule has 2 atom stereocenters. The second kappa shape index (κ2) is 4.79. The minimum Gasteiger partial charge on any atom is -0.469 e. The maximum Gasteiger partial charge on any atom is 0.310 e. The molecule has 1 unspecified atom stereocenters. The van der Waals surface area contributed by atoms with E-state index < -0.39 is 17.6 Å². The molecule has 1 fully saturated rings. The molecule has 0 aromatic heterocycles. The molecule has 1 aliphatic rings. The number of esters is 1. The molecule has 1 heterocycles. The van der Waals surface area contributed by atoms with Gasteiger partial charge in [0.25, 0.3) is 0 Å². The van der Waals surface area contributed by atoms with Gasteiger partial charge >= 0.3 is 5.97 Å². The highest BCUT2D eigenvalue weighted by atomic mass is 19.1. The van der Waals surface area contributed by atoms with Crippen molar-refractivity contribution in [1.29, 1.82) is 0 Å². The Morgan fingerprint density at radius 3 is 2.82 bits per heavy atom. The summed E-state index contributed by atoms with van der Waals surface area (Å²) in [7, 11) is 1.30. The number of nitrogens with one attached hydrogen (secondary N) is 1. The molecular formula is C12H13F2NO2. The van der Waals surface area contributed by atoms with Crippen molar-refractivity contribution in [2.75, 3.05) is 20.2 Å². The Kier molecular flexibility index (Phi) is 3.38. The SMILES string of the molecule is COC(=O)C1CNC[C@H]1c1ccc(F)cc1F. The van der Waals surface area contributed by atoms with Crippen molar-refractivity contribution in [2.24, 2.45) is 5.92 Å². The van der Waals surface area contributed by atoms with E-state index >= 15 is 0 Å². The predicted octanol–water partition coefficient (Wildman–Crippen LogP) is 1.44. The van der Waals surface area contributed by atoms with Crippen LogP contribution in [0.1, 0.15) is 11.5 Å². The van der Waals surface area contributed by atoms with Crippen LogP contribution in [0.15, 0.2) is 18.2 Å². The second-order valence-electron chi connectivity index (χ2n) is 4.06. The zero-order valence-electron chi connectivity index (χ0n) is 9.37. The van der Waals surface area contributed by atoms with E-state index in [1.807, 2.05) is 0 Å². The lowest BCUT2D eigenvalue weighted by Gasteiger charge is -2.17. The van der Waals surface area contributed by atoms with Gasteiger partial charge in [-0.05, 0) is 11.6 Å². The van der Waals surface area contributed by atoms with E-state index in [0.29, 0.717) is 18.7 Å². The van der Waals surface area contributed by atoms with E-state index in [4.69, 9.17) is 0 Å². The van der Waals surface area contributed by atoms with Crippen molar-refractivity contribution in [3.05, 3.63) is 35.4 Å². The van der Waals surface area contributed by atoms with Gasteiger partial charge in [0.05, 0.1) is 13.0 Å². The van der Waals surface area contributed by atoms with Crippen LogP contribution < -0.4 is 5.32 Å². The summed E-state index contributed by atoms with van der Waals surface area (Å²) < 4.78 is 31.1. The third-order valence-electron chi connectivity index (χ3n) is 3.08. The standard InChI is InChI=1S/C12H13F2NO2/c1-17-12(16)10-6-15-5-9(10)8-3-2-7(13)4-11(8)14/h2-4,9-10,15H,5-6H2,1H3/t9-,10?/m0/s1. The summed E-state index contributed by atoms with van der Waals surface area (Å²) in [6, 6.07) is 3.42. The fourth-order valence-corrected chi connectivity index (χ4v) is 2.21. The Labute approximate surface area is 97.8 Å². The smallest absolute Gasteiger partial charge is 0.310 e. The van der Waals surface area contributed by atoms with Crippen molar-refractivity contribution in [3.8, 4) is 0 Å². The third kappa shape index (κ3) is 2.29. The minimum atomic E-state index is -0.619. The number of ether oxygens (including phenoxy) is 1. The van der Waals surface area contributed by atoms with Crippen LogP contribution >= 0.6 is 0 Å². The van der Waals surface area contributed by atoms with Gasteiger partial charge in [0, 0.05) is 25.1 Å². The van der Waals surface area contributed by atoms with E-state index in [2.05, 4.69) is 10.1 Å². The average Bonchev–Trinajstić information content (AvgIpc) is 2.77. The number of carbonyl (C=O) groups is 1. The Hall–Kier alpha value is -1.49. The van der Waals surface area contributed by atoms with Gasteiger partial charge in [0.1, 0.15) is 11.6 Å². The minimum absolute atomic E-state index is 0.303. The number of hydrogen-bond donors (Lipinski definition) is 1. The van der Waals surface area contributed by atoms with Crippen LogP contribution in [-0.4, -0.2) is 26.2 Å². The first-order valence-electron chi connectivity index (χ1n) is 5.37. The summed E-state index contributed by atoms with van der Waals surface area (Å²) in [4.78, 5) is 11.5. The Morgan fingerprint density at radius 2 is 2.18 bits per heavy atom. The zero-order valence-corrected chi connectivity index (χ0v) is 9.37. The van der Waals surface area contributed by atoms with E-state index in [0.717, 1.165) is 6.07 Å². The zero-order chi connectivity index (χ0) is 12.4. The number of methoxy groups -OCH3 is 1. The van der Waals surface area contributed by atoms with E-state index in [1.54, 1.807) is 0 Å². The van der Waals surface area contributed by atoms with Gasteiger partial charge in [-0.15, -0.1) is 0 Å². The first-order chi connectivity index (χ1) is 8.13. The van der Waals surface area contributed by atoms with Gasteiger partial charge < -0.3 is 10.1 Å². The molecule has 17 heavy (non-hydrogen) atoms. The highest BCUT2D eigenvalue weighted by Crippen LogP contribution is 2.30. The van der Waals surface area contributed by atoms with Crippen molar-refractivity contribution in [1.82, 2.24) is 5.32 Å². The van der Waals surface area contributed by atoms with Crippen LogP contribution in [0, 0.1) is 17.6 Å². The fraction of sp³-hybridized carbons (Fsp3) is 0.417. The molecule has 0 saturated carbocycles. The monoisotopic (exact) mass is 241 g/mol. The van der Waals surface area contributed by atoms with Gasteiger partial charge in [-0.2, -0.15) is 0 Å². The molecule has 1 N–H and O–H groups in total. The lowest BCUT2D eigenvalue weighted by molar-refractivity contribution is -0.145. The first-order valence-corrected chi connectivity index (χ1v) is 5.37. The largest absolute Gasteiger partial charge is 0.469 e. The normalized spacial score (nSPS) is 23.7. The predicted molar refractivity (Wildman–Crippen MR) is 57.5 cm³/mol. The lowest BCUT2D eigenvalue weighted by Crippen LogP contribution is -2.23.